The van der Waals surface area contributed by atoms with Crippen molar-refractivity contribution in [3.63, 3.8) is 0 Å². The van der Waals surface area contributed by atoms with Crippen molar-refractivity contribution in [1.82, 2.24) is 0 Å². The van der Waals surface area contributed by atoms with Crippen LogP contribution in [0.1, 0.15) is 40.0 Å². The van der Waals surface area contributed by atoms with E-state index in [1.54, 1.807) is 0 Å². The summed E-state index contributed by atoms with van der Waals surface area (Å²) in [5.74, 6) is -0.539. The lowest BCUT2D eigenvalue weighted by molar-refractivity contribution is 0.177. The lowest BCUT2D eigenvalue weighted by atomic mass is 9.70. The number of benzene rings is 1. The molecule has 0 saturated heterocycles. The first-order valence-electron chi connectivity index (χ1n) is 6.58. The minimum Gasteiger partial charge on any atom is -0.382 e. The summed E-state index contributed by atoms with van der Waals surface area (Å²) in [6.45, 7) is 6.76. The molecule has 0 heterocycles. The first-order chi connectivity index (χ1) is 8.35. The van der Waals surface area contributed by atoms with Crippen LogP contribution in [0.2, 0.25) is 0 Å². The molecule has 0 amide bonds. The van der Waals surface area contributed by atoms with E-state index in [4.69, 9.17) is 0 Å². The minimum absolute atomic E-state index is 0.305. The first kappa shape index (κ1) is 13.3. The van der Waals surface area contributed by atoms with E-state index in [2.05, 4.69) is 26.1 Å². The van der Waals surface area contributed by atoms with Gasteiger partial charge in [-0.1, -0.05) is 20.8 Å². The van der Waals surface area contributed by atoms with Crippen LogP contribution in [0.25, 0.3) is 0 Å². The first-order valence-corrected chi connectivity index (χ1v) is 6.58. The van der Waals surface area contributed by atoms with Crippen LogP contribution in [-0.4, -0.2) is 6.04 Å². The fraction of sp³-hybridized carbons (Fsp3) is 0.600. The number of hydrogen-bond donors (Lipinski definition) is 1. The maximum Gasteiger partial charge on any atom is 0.128 e. The van der Waals surface area contributed by atoms with Crippen LogP contribution in [0.15, 0.2) is 18.2 Å². The number of nitrogens with one attached hydrogen (secondary N) is 1. The van der Waals surface area contributed by atoms with Crippen molar-refractivity contribution in [3.8, 4) is 0 Å². The highest BCUT2D eigenvalue weighted by molar-refractivity contribution is 5.44. The molecule has 2 rings (SSSR count). The zero-order chi connectivity index (χ0) is 13.3. The van der Waals surface area contributed by atoms with E-state index in [0.29, 0.717) is 23.1 Å². The van der Waals surface area contributed by atoms with Crippen LogP contribution in [0.4, 0.5) is 14.5 Å². The third-order valence-electron chi connectivity index (χ3n) is 3.91. The lowest BCUT2D eigenvalue weighted by Gasteiger charge is -2.40. The number of halogens is 2. The van der Waals surface area contributed by atoms with Gasteiger partial charge in [0.05, 0.1) is 0 Å². The van der Waals surface area contributed by atoms with Gasteiger partial charge in [-0.2, -0.15) is 0 Å². The van der Waals surface area contributed by atoms with Gasteiger partial charge in [0.15, 0.2) is 0 Å². The molecule has 2 unspecified atom stereocenters. The van der Waals surface area contributed by atoms with Crippen LogP contribution < -0.4 is 5.32 Å². The average molecular weight is 253 g/mol. The van der Waals surface area contributed by atoms with E-state index in [9.17, 15) is 8.78 Å². The summed E-state index contributed by atoms with van der Waals surface area (Å²) in [5.41, 5.74) is 0.925. The van der Waals surface area contributed by atoms with E-state index in [1.165, 1.54) is 12.1 Å². The van der Waals surface area contributed by atoms with E-state index in [1.807, 2.05) is 0 Å². The molecule has 0 spiro atoms. The molecule has 1 aliphatic rings. The average Bonchev–Trinajstić information content (AvgIpc) is 2.20. The van der Waals surface area contributed by atoms with Gasteiger partial charge in [0.1, 0.15) is 11.6 Å². The SMILES string of the molecule is CC1CC(C)(C)CCC1Nc1cc(F)cc(F)c1. The Labute approximate surface area is 108 Å². The Morgan fingerprint density at radius 3 is 2.33 bits per heavy atom. The second-order valence-corrected chi connectivity index (χ2v) is 6.29. The zero-order valence-corrected chi connectivity index (χ0v) is 11.3. The highest BCUT2D eigenvalue weighted by atomic mass is 19.1. The van der Waals surface area contributed by atoms with Gasteiger partial charge in [0.2, 0.25) is 0 Å². The lowest BCUT2D eigenvalue weighted by Crippen LogP contribution is -2.36. The van der Waals surface area contributed by atoms with Gasteiger partial charge in [-0.25, -0.2) is 8.78 Å². The predicted octanol–water partition coefficient (Wildman–Crippen LogP) is 4.59. The van der Waals surface area contributed by atoms with Gasteiger partial charge in [0.25, 0.3) is 0 Å². The van der Waals surface area contributed by atoms with Crippen LogP contribution in [0.3, 0.4) is 0 Å². The number of rotatable bonds is 2. The predicted molar refractivity (Wildman–Crippen MR) is 70.6 cm³/mol. The van der Waals surface area contributed by atoms with Crippen LogP contribution in [0.5, 0.6) is 0 Å². The van der Waals surface area contributed by atoms with Gasteiger partial charge in [0, 0.05) is 17.8 Å². The largest absolute Gasteiger partial charge is 0.382 e. The molecule has 1 saturated carbocycles. The van der Waals surface area contributed by atoms with Gasteiger partial charge in [-0.3, -0.25) is 0 Å². The van der Waals surface area contributed by atoms with Gasteiger partial charge < -0.3 is 5.32 Å². The van der Waals surface area contributed by atoms with Crippen molar-refractivity contribution in [3.05, 3.63) is 29.8 Å². The Balaban J connectivity index is 2.05. The Bertz CT molecular complexity index is 408. The fourth-order valence-corrected chi connectivity index (χ4v) is 3.01. The van der Waals surface area contributed by atoms with Crippen molar-refractivity contribution in [2.75, 3.05) is 5.32 Å². The molecule has 0 bridgehead atoms. The van der Waals surface area contributed by atoms with Crippen molar-refractivity contribution in [2.45, 2.75) is 46.1 Å². The van der Waals surface area contributed by atoms with E-state index in [-0.39, 0.29) is 0 Å². The van der Waals surface area contributed by atoms with Crippen LogP contribution in [-0.2, 0) is 0 Å². The summed E-state index contributed by atoms with van der Waals surface area (Å²) in [5, 5.41) is 3.27. The molecule has 1 aromatic carbocycles. The second-order valence-electron chi connectivity index (χ2n) is 6.29. The standard InChI is InChI=1S/C15H21F2N/c1-10-9-15(2,3)5-4-14(10)18-13-7-11(16)6-12(17)8-13/h6-8,10,14,18H,4-5,9H2,1-3H3. The fourth-order valence-electron chi connectivity index (χ4n) is 3.01. The second kappa shape index (κ2) is 4.87. The normalized spacial score (nSPS) is 26.9. The molecule has 1 nitrogen and oxygen atoms in total. The smallest absolute Gasteiger partial charge is 0.128 e. The molecule has 0 aliphatic heterocycles. The van der Waals surface area contributed by atoms with Crippen LogP contribution in [0, 0.1) is 23.0 Å². The van der Waals surface area contributed by atoms with Crippen molar-refractivity contribution in [2.24, 2.45) is 11.3 Å². The van der Waals surface area contributed by atoms with Gasteiger partial charge in [-0.05, 0) is 42.7 Å². The van der Waals surface area contributed by atoms with Gasteiger partial charge in [-0.15, -0.1) is 0 Å². The molecular weight excluding hydrogens is 232 g/mol. The molecular formula is C15H21F2N. The molecule has 1 N–H and O–H groups in total. The van der Waals surface area contributed by atoms with Crippen molar-refractivity contribution in [1.29, 1.82) is 0 Å². The van der Waals surface area contributed by atoms with E-state index in [0.717, 1.165) is 25.3 Å². The summed E-state index contributed by atoms with van der Waals surface area (Å²) >= 11 is 0. The quantitative estimate of drug-likeness (QED) is 0.812. The number of hydrogen-bond acceptors (Lipinski definition) is 1. The monoisotopic (exact) mass is 253 g/mol. The summed E-state index contributed by atoms with van der Waals surface area (Å²) in [6, 6.07) is 3.92. The van der Waals surface area contributed by atoms with Crippen molar-refractivity contribution >= 4 is 5.69 Å². The van der Waals surface area contributed by atoms with Crippen molar-refractivity contribution < 1.29 is 8.78 Å². The molecule has 0 aromatic heterocycles. The molecule has 100 valence electrons. The summed E-state index contributed by atoms with van der Waals surface area (Å²) in [7, 11) is 0. The molecule has 2 atom stereocenters. The molecule has 18 heavy (non-hydrogen) atoms. The van der Waals surface area contributed by atoms with Gasteiger partial charge >= 0.3 is 0 Å². The molecule has 1 aromatic rings. The topological polar surface area (TPSA) is 12.0 Å². The maximum absolute atomic E-state index is 13.1. The Morgan fingerprint density at radius 2 is 1.78 bits per heavy atom. The molecule has 0 radical (unpaired) electrons. The Hall–Kier alpha value is -1.12. The summed E-state index contributed by atoms with van der Waals surface area (Å²) in [4.78, 5) is 0. The minimum atomic E-state index is -0.527. The Kier molecular flexibility index (Phi) is 3.60. The summed E-state index contributed by atoms with van der Waals surface area (Å²) < 4.78 is 26.2. The zero-order valence-electron chi connectivity index (χ0n) is 11.3. The highest BCUT2D eigenvalue weighted by Gasteiger charge is 2.32. The third kappa shape index (κ3) is 3.21. The maximum atomic E-state index is 13.1. The molecule has 3 heteroatoms. The number of anilines is 1. The highest BCUT2D eigenvalue weighted by Crippen LogP contribution is 2.39. The molecule has 1 fully saturated rings. The summed E-state index contributed by atoms with van der Waals surface area (Å²) in [6.07, 6.45) is 3.33. The molecule has 1 aliphatic carbocycles. The van der Waals surface area contributed by atoms with Crippen LogP contribution >= 0.6 is 0 Å². The van der Waals surface area contributed by atoms with E-state index < -0.39 is 11.6 Å². The Morgan fingerprint density at radius 1 is 1.17 bits per heavy atom. The third-order valence-corrected chi connectivity index (χ3v) is 3.91. The van der Waals surface area contributed by atoms with E-state index >= 15 is 0 Å².